The van der Waals surface area contributed by atoms with Crippen molar-refractivity contribution in [3.63, 3.8) is 0 Å². The molecule has 0 atom stereocenters. The maximum absolute atomic E-state index is 4.45. The van der Waals surface area contributed by atoms with Gasteiger partial charge in [0, 0.05) is 11.8 Å². The molecule has 0 saturated carbocycles. The largest absolute Gasteiger partial charge is 0.256 e. The monoisotopic (exact) mass is 225 g/mol. The molecule has 0 aliphatic rings. The van der Waals surface area contributed by atoms with E-state index in [-0.39, 0.29) is 0 Å². The molecule has 0 bridgehead atoms. The molecule has 0 aliphatic carbocycles. The third-order valence-corrected chi connectivity index (χ3v) is 2.98. The van der Waals surface area contributed by atoms with Crippen LogP contribution in [0.3, 0.4) is 0 Å². The smallest absolute Gasteiger partial charge is 0.0704 e. The Morgan fingerprint density at radius 3 is 2.35 bits per heavy atom. The highest BCUT2D eigenvalue weighted by molar-refractivity contribution is 5.62. The number of hydrogen-bond acceptors (Lipinski definition) is 1. The second-order valence-corrected chi connectivity index (χ2v) is 5.01. The average molecular weight is 225 g/mol. The molecule has 0 spiro atoms. The summed E-state index contributed by atoms with van der Waals surface area (Å²) in [4.78, 5) is 4.45. The standard InChI is InChI=1S/C16H19N/c1-11(2)14-7-13(4)8-15(10-14)16-9-12(3)5-6-17-16/h5-11H,1-4H3. The molecule has 88 valence electrons. The molecule has 1 aromatic carbocycles. The highest BCUT2D eigenvalue weighted by Gasteiger charge is 2.05. The van der Waals surface area contributed by atoms with Gasteiger partial charge in [-0.1, -0.05) is 25.5 Å². The first kappa shape index (κ1) is 11.8. The zero-order valence-electron chi connectivity index (χ0n) is 11.0. The molecule has 1 heterocycles. The van der Waals surface area contributed by atoms with Crippen LogP contribution in [0, 0.1) is 13.8 Å². The molecule has 0 amide bonds. The second kappa shape index (κ2) is 4.70. The van der Waals surface area contributed by atoms with Crippen LogP contribution in [0.2, 0.25) is 0 Å². The van der Waals surface area contributed by atoms with Crippen LogP contribution in [0.15, 0.2) is 36.5 Å². The Bertz CT molecular complexity index is 527. The molecule has 17 heavy (non-hydrogen) atoms. The first-order valence-electron chi connectivity index (χ1n) is 6.11. The minimum absolute atomic E-state index is 0.554. The lowest BCUT2D eigenvalue weighted by atomic mass is 9.96. The van der Waals surface area contributed by atoms with Crippen molar-refractivity contribution in [2.75, 3.05) is 0 Å². The quantitative estimate of drug-likeness (QED) is 0.734. The molecule has 1 aromatic heterocycles. The Balaban J connectivity index is 2.52. The molecule has 0 unspecified atom stereocenters. The van der Waals surface area contributed by atoms with E-state index in [0.29, 0.717) is 5.92 Å². The van der Waals surface area contributed by atoms with E-state index in [1.807, 2.05) is 12.3 Å². The van der Waals surface area contributed by atoms with Crippen LogP contribution in [0.1, 0.15) is 36.5 Å². The number of aryl methyl sites for hydroxylation is 2. The minimum atomic E-state index is 0.554. The topological polar surface area (TPSA) is 12.9 Å². The van der Waals surface area contributed by atoms with Crippen molar-refractivity contribution in [1.82, 2.24) is 4.98 Å². The fourth-order valence-electron chi connectivity index (χ4n) is 1.99. The maximum Gasteiger partial charge on any atom is 0.0704 e. The number of pyridine rings is 1. The Hall–Kier alpha value is -1.63. The van der Waals surface area contributed by atoms with Crippen molar-refractivity contribution in [2.45, 2.75) is 33.6 Å². The fraction of sp³-hybridized carbons (Fsp3) is 0.312. The molecule has 0 saturated heterocycles. The highest BCUT2D eigenvalue weighted by atomic mass is 14.7. The Kier molecular flexibility index (Phi) is 3.28. The Labute approximate surface area is 104 Å². The molecule has 0 N–H and O–H groups in total. The summed E-state index contributed by atoms with van der Waals surface area (Å²) < 4.78 is 0. The zero-order chi connectivity index (χ0) is 12.4. The van der Waals surface area contributed by atoms with Crippen LogP contribution in [-0.4, -0.2) is 4.98 Å². The van der Waals surface area contributed by atoms with Crippen molar-refractivity contribution < 1.29 is 0 Å². The summed E-state index contributed by atoms with van der Waals surface area (Å²) >= 11 is 0. The van der Waals surface area contributed by atoms with E-state index in [9.17, 15) is 0 Å². The van der Waals surface area contributed by atoms with Crippen LogP contribution >= 0.6 is 0 Å². The predicted octanol–water partition coefficient (Wildman–Crippen LogP) is 4.49. The van der Waals surface area contributed by atoms with E-state index < -0.39 is 0 Å². The van der Waals surface area contributed by atoms with Crippen molar-refractivity contribution in [1.29, 1.82) is 0 Å². The lowest BCUT2D eigenvalue weighted by Crippen LogP contribution is -1.92. The molecule has 0 aliphatic heterocycles. The van der Waals surface area contributed by atoms with Crippen molar-refractivity contribution >= 4 is 0 Å². The van der Waals surface area contributed by atoms with Gasteiger partial charge in [0.1, 0.15) is 0 Å². The molecule has 0 radical (unpaired) electrons. The lowest BCUT2D eigenvalue weighted by molar-refractivity contribution is 0.865. The second-order valence-electron chi connectivity index (χ2n) is 5.01. The van der Waals surface area contributed by atoms with Crippen LogP contribution in [0.5, 0.6) is 0 Å². The predicted molar refractivity (Wildman–Crippen MR) is 73.2 cm³/mol. The number of aromatic nitrogens is 1. The number of nitrogens with zero attached hydrogens (tertiary/aromatic N) is 1. The first-order chi connectivity index (χ1) is 8.06. The number of rotatable bonds is 2. The van der Waals surface area contributed by atoms with Crippen LogP contribution in [0.4, 0.5) is 0 Å². The van der Waals surface area contributed by atoms with Gasteiger partial charge in [0.25, 0.3) is 0 Å². The summed E-state index contributed by atoms with van der Waals surface area (Å²) in [5.74, 6) is 0.554. The Morgan fingerprint density at radius 2 is 1.71 bits per heavy atom. The van der Waals surface area contributed by atoms with Gasteiger partial charge < -0.3 is 0 Å². The summed E-state index contributed by atoms with van der Waals surface area (Å²) in [6.45, 7) is 8.69. The summed E-state index contributed by atoms with van der Waals surface area (Å²) in [5, 5.41) is 0. The van der Waals surface area contributed by atoms with Crippen LogP contribution in [-0.2, 0) is 0 Å². The molecule has 1 heteroatoms. The van der Waals surface area contributed by atoms with Gasteiger partial charge in [-0.2, -0.15) is 0 Å². The van der Waals surface area contributed by atoms with Gasteiger partial charge in [0.05, 0.1) is 5.69 Å². The lowest BCUT2D eigenvalue weighted by Gasteiger charge is -2.10. The number of hydrogen-bond donors (Lipinski definition) is 0. The van der Waals surface area contributed by atoms with E-state index in [1.54, 1.807) is 0 Å². The zero-order valence-corrected chi connectivity index (χ0v) is 11.0. The summed E-state index contributed by atoms with van der Waals surface area (Å²) in [6, 6.07) is 10.9. The van der Waals surface area contributed by atoms with E-state index in [2.05, 4.69) is 56.9 Å². The summed E-state index contributed by atoms with van der Waals surface area (Å²) in [6.07, 6.45) is 1.88. The van der Waals surface area contributed by atoms with Crippen molar-refractivity contribution in [2.24, 2.45) is 0 Å². The first-order valence-corrected chi connectivity index (χ1v) is 6.11. The third kappa shape index (κ3) is 2.73. The summed E-state index contributed by atoms with van der Waals surface area (Å²) in [7, 11) is 0. The van der Waals surface area contributed by atoms with Gasteiger partial charge in [-0.05, 0) is 55.2 Å². The van der Waals surface area contributed by atoms with E-state index >= 15 is 0 Å². The molecule has 2 rings (SSSR count). The van der Waals surface area contributed by atoms with Gasteiger partial charge in [0.15, 0.2) is 0 Å². The fourth-order valence-corrected chi connectivity index (χ4v) is 1.99. The van der Waals surface area contributed by atoms with Gasteiger partial charge >= 0.3 is 0 Å². The van der Waals surface area contributed by atoms with Gasteiger partial charge in [0.2, 0.25) is 0 Å². The van der Waals surface area contributed by atoms with E-state index in [0.717, 1.165) is 5.69 Å². The average Bonchev–Trinajstić information content (AvgIpc) is 2.28. The molecule has 2 aromatic rings. The van der Waals surface area contributed by atoms with Gasteiger partial charge in [-0.3, -0.25) is 4.98 Å². The SMILES string of the molecule is Cc1cc(-c2cc(C)ccn2)cc(C(C)C)c1. The van der Waals surface area contributed by atoms with Gasteiger partial charge in [-0.15, -0.1) is 0 Å². The number of benzene rings is 1. The molecular weight excluding hydrogens is 206 g/mol. The van der Waals surface area contributed by atoms with Crippen molar-refractivity contribution in [3.05, 3.63) is 53.2 Å². The van der Waals surface area contributed by atoms with Crippen LogP contribution < -0.4 is 0 Å². The third-order valence-electron chi connectivity index (χ3n) is 2.98. The molecule has 0 fully saturated rings. The molecular formula is C16H19N. The van der Waals surface area contributed by atoms with Gasteiger partial charge in [-0.25, -0.2) is 0 Å². The normalized spacial score (nSPS) is 10.9. The van der Waals surface area contributed by atoms with E-state index in [4.69, 9.17) is 0 Å². The van der Waals surface area contributed by atoms with Crippen LogP contribution in [0.25, 0.3) is 11.3 Å². The Morgan fingerprint density at radius 1 is 0.941 bits per heavy atom. The maximum atomic E-state index is 4.45. The summed E-state index contributed by atoms with van der Waals surface area (Å²) in [5.41, 5.74) is 6.22. The molecule has 1 nitrogen and oxygen atoms in total. The highest BCUT2D eigenvalue weighted by Crippen LogP contribution is 2.24. The minimum Gasteiger partial charge on any atom is -0.256 e. The van der Waals surface area contributed by atoms with Crippen molar-refractivity contribution in [3.8, 4) is 11.3 Å². The van der Waals surface area contributed by atoms with E-state index in [1.165, 1.54) is 22.3 Å².